The van der Waals surface area contributed by atoms with Crippen LogP contribution in [0.5, 0.6) is 0 Å². The lowest BCUT2D eigenvalue weighted by Crippen LogP contribution is -2.32. The van der Waals surface area contributed by atoms with Crippen LogP contribution < -0.4 is 0 Å². The fraction of sp³-hybridized carbons (Fsp3) is 0.375. The van der Waals surface area contributed by atoms with Crippen molar-refractivity contribution in [3.8, 4) is 0 Å². The molecule has 2 atom stereocenters. The Hall–Kier alpha value is -2.80. The number of carbonyl (C=O) groups is 1. The molecule has 1 aliphatic heterocycles. The van der Waals surface area contributed by atoms with Crippen LogP contribution in [-0.2, 0) is 6.42 Å². The molecule has 0 aliphatic carbocycles. The molecule has 0 saturated carbocycles. The zero-order valence-corrected chi connectivity index (χ0v) is 17.5. The number of benzene rings is 2. The number of nitrogens with one attached hydrogen (secondary N) is 1. The minimum absolute atomic E-state index is 0.00228. The maximum Gasteiger partial charge on any atom is 0.401 e. The monoisotopic (exact) mass is 430 g/mol. The molecule has 2 unspecified atom stereocenters. The number of aryl methyl sites for hydroxylation is 2. The fourth-order valence-electron chi connectivity index (χ4n) is 4.98. The van der Waals surface area contributed by atoms with Crippen LogP contribution in [-0.4, -0.2) is 46.8 Å². The van der Waals surface area contributed by atoms with Crippen molar-refractivity contribution in [1.29, 1.82) is 0 Å². The van der Waals surface area contributed by atoms with Gasteiger partial charge in [-0.1, -0.05) is 18.2 Å². The van der Waals surface area contributed by atoms with Gasteiger partial charge in [0.15, 0.2) is 0 Å². The second-order valence-electron chi connectivity index (χ2n) is 8.56. The first-order valence-electron chi connectivity index (χ1n) is 10.3. The van der Waals surface area contributed by atoms with Crippen molar-refractivity contribution < 1.29 is 23.1 Å². The van der Waals surface area contributed by atoms with Gasteiger partial charge in [-0.2, -0.15) is 13.2 Å². The van der Waals surface area contributed by atoms with Crippen LogP contribution in [0.1, 0.15) is 38.5 Å². The van der Waals surface area contributed by atoms with Crippen molar-refractivity contribution in [3.63, 3.8) is 0 Å². The first kappa shape index (κ1) is 21.4. The number of carboxylic acid groups (broad SMARTS) is 1. The first-order valence-corrected chi connectivity index (χ1v) is 10.3. The molecule has 4 nitrogen and oxygen atoms in total. The Kier molecular flexibility index (Phi) is 5.56. The normalized spacial score (nSPS) is 19.9. The Labute approximate surface area is 178 Å². The minimum Gasteiger partial charge on any atom is -0.478 e. The summed E-state index contributed by atoms with van der Waals surface area (Å²) in [6.07, 6.45) is -1.69. The molecule has 164 valence electrons. The number of halogens is 3. The molecule has 1 saturated heterocycles. The molecule has 2 N–H and O–H groups in total. The molecule has 2 aromatic carbocycles. The largest absolute Gasteiger partial charge is 0.478 e. The summed E-state index contributed by atoms with van der Waals surface area (Å²) in [5.41, 5.74) is 5.57. The maximum absolute atomic E-state index is 13.1. The number of aromatic nitrogens is 1. The maximum atomic E-state index is 13.1. The highest BCUT2D eigenvalue weighted by Crippen LogP contribution is 2.38. The Morgan fingerprint density at radius 3 is 2.48 bits per heavy atom. The second-order valence-corrected chi connectivity index (χ2v) is 8.56. The minimum atomic E-state index is -4.25. The SMILES string of the molecule is Cc1cc(C)c2[nH]ccc2c1CC1CN(CC(F)(F)F)CC1c1ccc(C(=O)O)cc1. The standard InChI is InChI=1S/C24H25F3N2O2/c1-14-9-15(2)22-19(7-8-28-22)20(14)10-18-11-29(13-24(25,26)27)12-21(18)16-3-5-17(6-4-16)23(30)31/h3-9,18,21,28H,10-13H2,1-2H3,(H,30,31). The van der Waals surface area contributed by atoms with Crippen LogP contribution in [0.3, 0.4) is 0 Å². The molecular weight excluding hydrogens is 405 g/mol. The number of hydrogen-bond donors (Lipinski definition) is 2. The predicted octanol–water partition coefficient (Wildman–Crippen LogP) is 5.30. The van der Waals surface area contributed by atoms with Gasteiger partial charge in [-0.25, -0.2) is 4.79 Å². The third-order valence-corrected chi connectivity index (χ3v) is 6.35. The van der Waals surface area contributed by atoms with Crippen molar-refractivity contribution in [1.82, 2.24) is 9.88 Å². The Morgan fingerprint density at radius 1 is 1.13 bits per heavy atom. The van der Waals surface area contributed by atoms with Gasteiger partial charge in [-0.15, -0.1) is 0 Å². The van der Waals surface area contributed by atoms with E-state index in [0.717, 1.165) is 33.2 Å². The molecule has 2 heterocycles. The van der Waals surface area contributed by atoms with Crippen molar-refractivity contribution in [2.24, 2.45) is 5.92 Å². The number of fused-ring (bicyclic) bond motifs is 1. The van der Waals surface area contributed by atoms with Gasteiger partial charge in [-0.05, 0) is 66.6 Å². The zero-order valence-electron chi connectivity index (χ0n) is 17.5. The number of alkyl halides is 3. The van der Waals surface area contributed by atoms with E-state index in [-0.39, 0.29) is 17.4 Å². The Bertz CT molecular complexity index is 1100. The molecule has 3 aromatic rings. The van der Waals surface area contributed by atoms with Crippen molar-refractivity contribution in [2.45, 2.75) is 32.4 Å². The third kappa shape index (κ3) is 4.46. The lowest BCUT2D eigenvalue weighted by atomic mass is 9.82. The van der Waals surface area contributed by atoms with Gasteiger partial charge in [-0.3, -0.25) is 4.90 Å². The van der Waals surface area contributed by atoms with Gasteiger partial charge < -0.3 is 10.1 Å². The van der Waals surface area contributed by atoms with Gasteiger partial charge in [0.2, 0.25) is 0 Å². The molecule has 31 heavy (non-hydrogen) atoms. The van der Waals surface area contributed by atoms with Crippen LogP contribution in [0.15, 0.2) is 42.6 Å². The van der Waals surface area contributed by atoms with Crippen LogP contribution in [0.4, 0.5) is 13.2 Å². The van der Waals surface area contributed by atoms with Gasteiger partial charge in [0.25, 0.3) is 0 Å². The van der Waals surface area contributed by atoms with Gasteiger partial charge in [0, 0.05) is 36.1 Å². The average Bonchev–Trinajstić information content (AvgIpc) is 3.31. The van der Waals surface area contributed by atoms with Gasteiger partial charge in [0.1, 0.15) is 0 Å². The summed E-state index contributed by atoms with van der Waals surface area (Å²) in [6, 6.07) is 10.7. The number of likely N-dealkylation sites (tertiary alicyclic amines) is 1. The first-order chi connectivity index (χ1) is 14.6. The molecule has 1 aromatic heterocycles. The quantitative estimate of drug-likeness (QED) is 0.577. The zero-order chi connectivity index (χ0) is 22.3. The Morgan fingerprint density at radius 2 is 1.84 bits per heavy atom. The lowest BCUT2D eigenvalue weighted by molar-refractivity contribution is -0.143. The van der Waals surface area contributed by atoms with Gasteiger partial charge in [0.05, 0.1) is 12.1 Å². The second kappa shape index (κ2) is 8.04. The molecule has 4 rings (SSSR count). The Balaban J connectivity index is 1.67. The number of carboxylic acids is 1. The van der Waals surface area contributed by atoms with Crippen molar-refractivity contribution in [3.05, 3.63) is 70.4 Å². The fourth-order valence-corrected chi connectivity index (χ4v) is 4.98. The van der Waals surface area contributed by atoms with E-state index in [1.165, 1.54) is 17.0 Å². The summed E-state index contributed by atoms with van der Waals surface area (Å²) >= 11 is 0. The van der Waals surface area contributed by atoms with E-state index in [2.05, 4.69) is 11.1 Å². The number of aromatic carboxylic acids is 1. The van der Waals surface area contributed by atoms with Gasteiger partial charge >= 0.3 is 12.1 Å². The van der Waals surface area contributed by atoms with E-state index in [1.54, 1.807) is 12.1 Å². The summed E-state index contributed by atoms with van der Waals surface area (Å²) in [6.45, 7) is 3.82. The topological polar surface area (TPSA) is 56.3 Å². The van der Waals surface area contributed by atoms with Crippen molar-refractivity contribution >= 4 is 16.9 Å². The number of H-pyrrole nitrogens is 1. The molecule has 1 fully saturated rings. The number of rotatable bonds is 5. The van der Waals surface area contributed by atoms with E-state index in [1.807, 2.05) is 26.1 Å². The summed E-state index contributed by atoms with van der Waals surface area (Å²) in [5.74, 6) is -1.12. The molecule has 0 spiro atoms. The van der Waals surface area contributed by atoms with Crippen LogP contribution in [0.25, 0.3) is 10.9 Å². The molecule has 0 radical (unpaired) electrons. The molecule has 0 bridgehead atoms. The van der Waals surface area contributed by atoms with E-state index in [9.17, 15) is 18.0 Å². The highest BCUT2D eigenvalue weighted by atomic mass is 19.4. The molecule has 7 heteroatoms. The predicted molar refractivity (Wildman–Crippen MR) is 114 cm³/mol. The van der Waals surface area contributed by atoms with Crippen LogP contribution >= 0.6 is 0 Å². The van der Waals surface area contributed by atoms with E-state index < -0.39 is 18.7 Å². The van der Waals surface area contributed by atoms with Crippen LogP contribution in [0.2, 0.25) is 0 Å². The van der Waals surface area contributed by atoms with E-state index in [4.69, 9.17) is 5.11 Å². The van der Waals surface area contributed by atoms with Crippen LogP contribution in [0, 0.1) is 19.8 Å². The van der Waals surface area contributed by atoms with E-state index >= 15 is 0 Å². The average molecular weight is 430 g/mol. The molecular formula is C24H25F3N2O2. The number of hydrogen-bond acceptors (Lipinski definition) is 2. The number of nitrogens with zero attached hydrogens (tertiary/aromatic N) is 1. The smallest absolute Gasteiger partial charge is 0.401 e. The highest BCUT2D eigenvalue weighted by Gasteiger charge is 2.39. The van der Waals surface area contributed by atoms with Crippen molar-refractivity contribution in [2.75, 3.05) is 19.6 Å². The molecule has 0 amide bonds. The summed E-state index contributed by atoms with van der Waals surface area (Å²) in [5, 5.41) is 10.3. The summed E-state index contributed by atoms with van der Waals surface area (Å²) < 4.78 is 39.3. The molecule has 1 aliphatic rings. The summed E-state index contributed by atoms with van der Waals surface area (Å²) in [4.78, 5) is 15.9. The highest BCUT2D eigenvalue weighted by molar-refractivity contribution is 5.88. The lowest BCUT2D eigenvalue weighted by Gasteiger charge is -2.21. The third-order valence-electron chi connectivity index (χ3n) is 6.35. The van der Waals surface area contributed by atoms with E-state index in [0.29, 0.717) is 19.5 Å². The number of aromatic amines is 1. The summed E-state index contributed by atoms with van der Waals surface area (Å²) in [7, 11) is 0.